The summed E-state index contributed by atoms with van der Waals surface area (Å²) in [5.41, 5.74) is 3.49. The van der Waals surface area contributed by atoms with Crippen LogP contribution in [0, 0.1) is 5.92 Å². The van der Waals surface area contributed by atoms with Crippen molar-refractivity contribution in [1.29, 1.82) is 0 Å². The van der Waals surface area contributed by atoms with Crippen LogP contribution in [0.3, 0.4) is 0 Å². The monoisotopic (exact) mass is 364 g/mol. The standard InChI is InChI=1S/C23H29N3O/c1-15(2)21(16-10-12-17(13-11-16)23(3,4)5)24-14-20-25-19-9-7-6-8-18(19)22(27)26-20/h6-13,15,21,24H,14H2,1-5H3,(H,25,26,27)/p+1/t21-/m0/s1. The number of fused-ring (bicyclic) bond motifs is 1. The first-order valence-corrected chi connectivity index (χ1v) is 9.67. The van der Waals surface area contributed by atoms with Crippen LogP contribution < -0.4 is 10.9 Å². The zero-order chi connectivity index (χ0) is 19.6. The minimum atomic E-state index is -0.0698. The summed E-state index contributed by atoms with van der Waals surface area (Å²) in [6.07, 6.45) is 0. The Hall–Kier alpha value is -2.46. The van der Waals surface area contributed by atoms with Gasteiger partial charge in [-0.15, -0.1) is 0 Å². The maximum Gasteiger partial charge on any atom is 0.258 e. The average molecular weight is 365 g/mol. The fourth-order valence-electron chi connectivity index (χ4n) is 3.47. The van der Waals surface area contributed by atoms with Crippen molar-refractivity contribution < 1.29 is 5.32 Å². The van der Waals surface area contributed by atoms with Gasteiger partial charge in [0.25, 0.3) is 5.56 Å². The Kier molecular flexibility index (Phi) is 5.47. The highest BCUT2D eigenvalue weighted by atomic mass is 16.1. The van der Waals surface area contributed by atoms with Gasteiger partial charge in [-0.1, -0.05) is 71.0 Å². The topological polar surface area (TPSA) is 62.4 Å². The highest BCUT2D eigenvalue weighted by Gasteiger charge is 2.21. The molecule has 0 bridgehead atoms. The molecule has 0 aliphatic carbocycles. The van der Waals surface area contributed by atoms with Crippen LogP contribution in [-0.2, 0) is 12.0 Å². The second kappa shape index (κ2) is 7.65. The number of nitrogens with one attached hydrogen (secondary N) is 1. The molecule has 0 radical (unpaired) electrons. The minimum absolute atomic E-state index is 0.0698. The summed E-state index contributed by atoms with van der Waals surface area (Å²) in [6.45, 7) is 11.8. The van der Waals surface area contributed by atoms with Gasteiger partial charge in [0.15, 0.2) is 5.82 Å². The molecular weight excluding hydrogens is 334 g/mol. The summed E-state index contributed by atoms with van der Waals surface area (Å²) in [4.78, 5) is 19.8. The zero-order valence-electron chi connectivity index (χ0n) is 16.9. The first-order valence-electron chi connectivity index (χ1n) is 9.67. The van der Waals surface area contributed by atoms with E-state index < -0.39 is 0 Å². The third kappa shape index (κ3) is 4.45. The lowest BCUT2D eigenvalue weighted by atomic mass is 9.85. The summed E-state index contributed by atoms with van der Waals surface area (Å²) in [6, 6.07) is 16.7. The van der Waals surface area contributed by atoms with Crippen LogP contribution in [0.2, 0.25) is 0 Å². The van der Waals surface area contributed by atoms with Crippen LogP contribution in [0.5, 0.6) is 0 Å². The molecule has 2 aromatic carbocycles. The van der Waals surface area contributed by atoms with Gasteiger partial charge >= 0.3 is 0 Å². The third-order valence-electron chi connectivity index (χ3n) is 5.11. The third-order valence-corrected chi connectivity index (χ3v) is 5.11. The van der Waals surface area contributed by atoms with Crippen molar-refractivity contribution in [3.8, 4) is 0 Å². The lowest BCUT2D eigenvalue weighted by Crippen LogP contribution is -2.85. The van der Waals surface area contributed by atoms with Gasteiger partial charge in [-0.2, -0.15) is 0 Å². The minimum Gasteiger partial charge on any atom is -0.334 e. The SMILES string of the molecule is CC(C)[C@H]([NH2+]Cc1nc2ccccc2c(=O)[nH]1)c1ccc(C(C)(C)C)cc1. The highest BCUT2D eigenvalue weighted by molar-refractivity contribution is 5.77. The molecule has 1 heterocycles. The molecule has 0 aliphatic rings. The van der Waals surface area contributed by atoms with Gasteiger partial charge in [0.05, 0.1) is 10.9 Å². The normalized spacial score (nSPS) is 13.3. The number of H-pyrrole nitrogens is 1. The maximum absolute atomic E-state index is 12.3. The molecule has 0 saturated carbocycles. The Bertz CT molecular complexity index is 965. The fourth-order valence-corrected chi connectivity index (χ4v) is 3.47. The van der Waals surface area contributed by atoms with Crippen LogP contribution in [-0.4, -0.2) is 9.97 Å². The quantitative estimate of drug-likeness (QED) is 0.725. The molecule has 142 valence electrons. The molecule has 1 aromatic heterocycles. The number of aromatic amines is 1. The lowest BCUT2D eigenvalue weighted by Gasteiger charge is -2.22. The van der Waals surface area contributed by atoms with Gasteiger partial charge in [-0.3, -0.25) is 4.79 Å². The molecule has 3 rings (SSSR count). The van der Waals surface area contributed by atoms with E-state index in [1.165, 1.54) is 11.1 Å². The first-order chi connectivity index (χ1) is 12.8. The molecule has 0 spiro atoms. The summed E-state index contributed by atoms with van der Waals surface area (Å²) in [7, 11) is 0. The number of para-hydroxylation sites is 1. The molecule has 4 nitrogen and oxygen atoms in total. The van der Waals surface area contributed by atoms with Crippen molar-refractivity contribution in [2.45, 2.75) is 52.6 Å². The Morgan fingerprint density at radius 2 is 1.70 bits per heavy atom. The Morgan fingerprint density at radius 3 is 2.33 bits per heavy atom. The second-order valence-corrected chi connectivity index (χ2v) is 8.61. The van der Waals surface area contributed by atoms with E-state index in [9.17, 15) is 4.79 Å². The predicted molar refractivity (Wildman–Crippen MR) is 111 cm³/mol. The van der Waals surface area contributed by atoms with E-state index in [-0.39, 0.29) is 11.0 Å². The molecule has 0 fully saturated rings. The van der Waals surface area contributed by atoms with Crippen LogP contribution in [0.25, 0.3) is 10.9 Å². The van der Waals surface area contributed by atoms with E-state index in [1.807, 2.05) is 24.3 Å². The number of aromatic nitrogens is 2. The van der Waals surface area contributed by atoms with Crippen molar-refractivity contribution in [3.05, 3.63) is 75.8 Å². The molecule has 3 aromatic rings. The van der Waals surface area contributed by atoms with Gasteiger partial charge < -0.3 is 10.3 Å². The first kappa shape index (κ1) is 19.3. The molecular formula is C23H30N3O+. The summed E-state index contributed by atoms with van der Waals surface area (Å²) in [5.74, 6) is 1.19. The van der Waals surface area contributed by atoms with E-state index in [0.717, 1.165) is 11.3 Å². The van der Waals surface area contributed by atoms with Crippen molar-refractivity contribution in [2.75, 3.05) is 0 Å². The number of benzene rings is 2. The number of nitrogens with zero attached hydrogens (tertiary/aromatic N) is 1. The Morgan fingerprint density at radius 1 is 1.04 bits per heavy atom. The van der Waals surface area contributed by atoms with Gasteiger partial charge in [0.2, 0.25) is 0 Å². The number of quaternary nitrogens is 1. The molecule has 3 N–H and O–H groups in total. The van der Waals surface area contributed by atoms with Crippen molar-refractivity contribution >= 4 is 10.9 Å². The molecule has 0 amide bonds. The summed E-state index contributed by atoms with van der Waals surface area (Å²) >= 11 is 0. The molecule has 0 aliphatic heterocycles. The van der Waals surface area contributed by atoms with Crippen LogP contribution in [0.4, 0.5) is 0 Å². The van der Waals surface area contributed by atoms with E-state index in [4.69, 9.17) is 0 Å². The number of hydrogen-bond acceptors (Lipinski definition) is 2. The van der Waals surface area contributed by atoms with Gasteiger partial charge in [0, 0.05) is 11.5 Å². The highest BCUT2D eigenvalue weighted by Crippen LogP contribution is 2.25. The predicted octanol–water partition coefficient (Wildman–Crippen LogP) is 3.68. The van der Waals surface area contributed by atoms with Gasteiger partial charge in [0.1, 0.15) is 12.6 Å². The zero-order valence-corrected chi connectivity index (χ0v) is 16.9. The van der Waals surface area contributed by atoms with Crippen molar-refractivity contribution in [3.63, 3.8) is 0 Å². The molecule has 1 atom stereocenters. The summed E-state index contributed by atoms with van der Waals surface area (Å²) in [5, 5.41) is 2.91. The van der Waals surface area contributed by atoms with Crippen molar-refractivity contribution in [2.24, 2.45) is 5.92 Å². The molecule has 0 unspecified atom stereocenters. The van der Waals surface area contributed by atoms with E-state index >= 15 is 0 Å². The van der Waals surface area contributed by atoms with E-state index in [1.54, 1.807) is 0 Å². The van der Waals surface area contributed by atoms with Crippen LogP contribution >= 0.6 is 0 Å². The van der Waals surface area contributed by atoms with Gasteiger partial charge in [-0.25, -0.2) is 4.98 Å². The number of hydrogen-bond donors (Lipinski definition) is 2. The molecule has 0 saturated heterocycles. The maximum atomic E-state index is 12.3. The van der Waals surface area contributed by atoms with Crippen molar-refractivity contribution in [1.82, 2.24) is 9.97 Å². The Labute approximate surface area is 161 Å². The average Bonchev–Trinajstić information content (AvgIpc) is 2.61. The molecule has 4 heteroatoms. The lowest BCUT2D eigenvalue weighted by molar-refractivity contribution is -0.718. The number of rotatable bonds is 5. The van der Waals surface area contributed by atoms with Crippen LogP contribution in [0.15, 0.2) is 53.3 Å². The van der Waals surface area contributed by atoms with Crippen LogP contribution in [0.1, 0.15) is 57.6 Å². The largest absolute Gasteiger partial charge is 0.334 e. The summed E-state index contributed by atoms with van der Waals surface area (Å²) < 4.78 is 0. The Balaban J connectivity index is 1.80. The molecule has 27 heavy (non-hydrogen) atoms. The van der Waals surface area contributed by atoms with E-state index in [2.05, 4.69) is 74.2 Å². The number of nitrogens with two attached hydrogens (primary N) is 1. The van der Waals surface area contributed by atoms with E-state index in [0.29, 0.717) is 23.9 Å². The second-order valence-electron chi connectivity index (χ2n) is 8.61. The van der Waals surface area contributed by atoms with Gasteiger partial charge in [-0.05, 0) is 23.1 Å². The fraction of sp³-hybridized carbons (Fsp3) is 0.391. The smallest absolute Gasteiger partial charge is 0.258 e.